The predicted octanol–water partition coefficient (Wildman–Crippen LogP) is 1.61. The number of nitrogens with one attached hydrogen (secondary N) is 1. The normalized spacial score (nSPS) is 10.2. The Bertz CT molecular complexity index is 660. The van der Waals surface area contributed by atoms with Crippen LogP contribution in [0.1, 0.15) is 0 Å². The lowest BCUT2D eigenvalue weighted by Crippen LogP contribution is -2.10. The van der Waals surface area contributed by atoms with Crippen LogP contribution in [-0.4, -0.2) is 21.8 Å². The van der Waals surface area contributed by atoms with E-state index < -0.39 is 5.56 Å². The number of aromatic nitrogens is 2. The number of rotatable bonds is 2. The molecule has 0 amide bonds. The van der Waals surface area contributed by atoms with Crippen LogP contribution in [0.25, 0.3) is 5.69 Å². The molecule has 0 atom stereocenters. The molecule has 0 bridgehead atoms. The summed E-state index contributed by atoms with van der Waals surface area (Å²) in [6, 6.07) is 8.05. The first-order valence-electron chi connectivity index (χ1n) is 4.81. The number of aromatic amines is 1. The van der Waals surface area contributed by atoms with E-state index in [1.54, 1.807) is 31.4 Å². The number of nitrogens with zero attached hydrogens (tertiary/aromatic N) is 1. The minimum Gasteiger partial charge on any atom is -0.497 e. The third kappa shape index (κ3) is 2.21. The van der Waals surface area contributed by atoms with Gasteiger partial charge in [-0.25, -0.2) is 0 Å². The highest BCUT2D eigenvalue weighted by atomic mass is 32.1. The molecule has 0 aliphatic rings. The first-order valence-corrected chi connectivity index (χ1v) is 5.22. The van der Waals surface area contributed by atoms with Gasteiger partial charge in [0.25, 0.3) is 5.56 Å². The first kappa shape index (κ1) is 11.4. The lowest BCUT2D eigenvalue weighted by Gasteiger charge is -2.09. The summed E-state index contributed by atoms with van der Waals surface area (Å²) in [5, 5.41) is 9.72. The van der Waals surface area contributed by atoms with E-state index in [2.05, 4.69) is 4.98 Å². The van der Waals surface area contributed by atoms with E-state index in [-0.39, 0.29) is 10.7 Å². The van der Waals surface area contributed by atoms with Crippen molar-refractivity contribution in [3.63, 3.8) is 0 Å². The van der Waals surface area contributed by atoms with E-state index in [1.807, 2.05) is 0 Å². The van der Waals surface area contributed by atoms with E-state index in [9.17, 15) is 9.90 Å². The van der Waals surface area contributed by atoms with Crippen molar-refractivity contribution in [3.8, 4) is 17.3 Å². The molecular weight excluding hydrogens is 240 g/mol. The van der Waals surface area contributed by atoms with E-state index in [0.29, 0.717) is 11.4 Å². The predicted molar refractivity (Wildman–Crippen MR) is 65.4 cm³/mol. The van der Waals surface area contributed by atoms with E-state index in [1.165, 1.54) is 4.57 Å². The van der Waals surface area contributed by atoms with Crippen molar-refractivity contribution in [2.24, 2.45) is 0 Å². The minimum atomic E-state index is -0.438. The molecule has 0 aliphatic carbocycles. The number of hydrogen-bond acceptors (Lipinski definition) is 4. The fraction of sp³-hybridized carbons (Fsp3) is 0.0909. The molecule has 0 fully saturated rings. The molecule has 2 rings (SSSR count). The molecule has 6 heteroatoms. The average molecular weight is 250 g/mol. The number of H-pyrrole nitrogens is 1. The highest BCUT2D eigenvalue weighted by molar-refractivity contribution is 7.71. The molecule has 0 spiro atoms. The van der Waals surface area contributed by atoms with Crippen molar-refractivity contribution in [1.29, 1.82) is 0 Å². The molecule has 1 aromatic carbocycles. The number of benzene rings is 1. The van der Waals surface area contributed by atoms with Crippen LogP contribution in [0.3, 0.4) is 0 Å². The van der Waals surface area contributed by atoms with Gasteiger partial charge < -0.3 is 9.84 Å². The Kier molecular flexibility index (Phi) is 2.97. The van der Waals surface area contributed by atoms with Crippen LogP contribution in [0.4, 0.5) is 0 Å². The maximum atomic E-state index is 11.1. The lowest BCUT2D eigenvalue weighted by molar-refractivity contribution is 0.413. The molecule has 0 radical (unpaired) electrons. The summed E-state index contributed by atoms with van der Waals surface area (Å²) in [5.41, 5.74) is 0.176. The van der Waals surface area contributed by atoms with Gasteiger partial charge in [-0.05, 0) is 24.4 Å². The summed E-state index contributed by atoms with van der Waals surface area (Å²) >= 11 is 5.00. The smallest absolute Gasteiger partial charge is 0.255 e. The second-order valence-electron chi connectivity index (χ2n) is 3.33. The summed E-state index contributed by atoms with van der Waals surface area (Å²) in [6.07, 6.45) is 0. The SMILES string of the molecule is COc1cccc(-n2c(O)cc(=O)[nH]c2=S)c1. The van der Waals surface area contributed by atoms with Gasteiger partial charge in [0.2, 0.25) is 5.88 Å². The fourth-order valence-electron chi connectivity index (χ4n) is 1.48. The molecule has 0 unspecified atom stereocenters. The first-order chi connectivity index (χ1) is 8.11. The maximum Gasteiger partial charge on any atom is 0.255 e. The number of ether oxygens (including phenoxy) is 1. The number of aromatic hydroxyl groups is 1. The molecule has 2 N–H and O–H groups in total. The van der Waals surface area contributed by atoms with Crippen LogP contribution < -0.4 is 10.3 Å². The van der Waals surface area contributed by atoms with Gasteiger partial charge in [0.1, 0.15) is 5.75 Å². The third-order valence-electron chi connectivity index (χ3n) is 2.23. The molecule has 0 saturated heterocycles. The van der Waals surface area contributed by atoms with Crippen molar-refractivity contribution in [2.75, 3.05) is 7.11 Å². The van der Waals surface area contributed by atoms with Gasteiger partial charge >= 0.3 is 0 Å². The van der Waals surface area contributed by atoms with Gasteiger partial charge in [-0.3, -0.25) is 14.3 Å². The van der Waals surface area contributed by atoms with Gasteiger partial charge in [-0.15, -0.1) is 0 Å². The minimum absolute atomic E-state index is 0.128. The third-order valence-corrected chi connectivity index (χ3v) is 2.52. The van der Waals surface area contributed by atoms with Crippen LogP contribution in [0.15, 0.2) is 35.1 Å². The summed E-state index contributed by atoms with van der Waals surface area (Å²) in [4.78, 5) is 13.5. The summed E-state index contributed by atoms with van der Waals surface area (Å²) in [5.74, 6) is 0.419. The molecule has 1 aromatic heterocycles. The van der Waals surface area contributed by atoms with Crippen molar-refractivity contribution in [3.05, 3.63) is 45.5 Å². The number of hydrogen-bond donors (Lipinski definition) is 2. The molecule has 2 aromatic rings. The van der Waals surface area contributed by atoms with Crippen LogP contribution in [0.5, 0.6) is 11.6 Å². The van der Waals surface area contributed by atoms with Gasteiger partial charge in [0, 0.05) is 6.07 Å². The van der Waals surface area contributed by atoms with Gasteiger partial charge in [-0.1, -0.05) is 6.07 Å². The zero-order chi connectivity index (χ0) is 12.4. The largest absolute Gasteiger partial charge is 0.497 e. The quantitative estimate of drug-likeness (QED) is 0.795. The second-order valence-corrected chi connectivity index (χ2v) is 3.72. The van der Waals surface area contributed by atoms with E-state index >= 15 is 0 Å². The zero-order valence-corrected chi connectivity index (χ0v) is 9.82. The van der Waals surface area contributed by atoms with Crippen molar-refractivity contribution in [2.45, 2.75) is 0 Å². The molecular formula is C11H10N2O3S. The second kappa shape index (κ2) is 4.42. The Balaban J connectivity index is 2.68. The lowest BCUT2D eigenvalue weighted by atomic mass is 10.3. The Hall–Kier alpha value is -2.08. The molecule has 0 saturated carbocycles. The molecule has 5 nitrogen and oxygen atoms in total. The van der Waals surface area contributed by atoms with Gasteiger partial charge in [-0.2, -0.15) is 0 Å². The van der Waals surface area contributed by atoms with Crippen LogP contribution in [0, 0.1) is 4.77 Å². The summed E-state index contributed by atoms with van der Waals surface area (Å²) < 4.78 is 6.55. The Labute approximate surface area is 102 Å². The van der Waals surface area contributed by atoms with Gasteiger partial charge in [0.15, 0.2) is 4.77 Å². The monoisotopic (exact) mass is 250 g/mol. The van der Waals surface area contributed by atoms with Crippen molar-refractivity contribution in [1.82, 2.24) is 9.55 Å². The Morgan fingerprint density at radius 3 is 2.82 bits per heavy atom. The average Bonchev–Trinajstić information content (AvgIpc) is 2.28. The summed E-state index contributed by atoms with van der Waals surface area (Å²) in [6.45, 7) is 0. The van der Waals surface area contributed by atoms with E-state index in [4.69, 9.17) is 17.0 Å². The van der Waals surface area contributed by atoms with Gasteiger partial charge in [0.05, 0.1) is 18.9 Å². The molecule has 1 heterocycles. The zero-order valence-electron chi connectivity index (χ0n) is 9.01. The molecule has 17 heavy (non-hydrogen) atoms. The standard InChI is InChI=1S/C11H10N2O3S/c1-16-8-4-2-3-7(5-8)13-10(15)6-9(14)12-11(13)17/h2-6,15H,1H3,(H,12,14,17). The molecule has 0 aliphatic heterocycles. The summed E-state index contributed by atoms with van der Waals surface area (Å²) in [7, 11) is 1.55. The van der Waals surface area contributed by atoms with E-state index in [0.717, 1.165) is 6.07 Å². The Morgan fingerprint density at radius 2 is 2.18 bits per heavy atom. The van der Waals surface area contributed by atoms with Crippen molar-refractivity contribution >= 4 is 12.2 Å². The fourth-order valence-corrected chi connectivity index (χ4v) is 1.78. The Morgan fingerprint density at radius 1 is 1.41 bits per heavy atom. The van der Waals surface area contributed by atoms with Crippen LogP contribution >= 0.6 is 12.2 Å². The maximum absolute atomic E-state index is 11.1. The van der Waals surface area contributed by atoms with Crippen LogP contribution in [0.2, 0.25) is 0 Å². The highest BCUT2D eigenvalue weighted by Gasteiger charge is 2.05. The van der Waals surface area contributed by atoms with Crippen LogP contribution in [-0.2, 0) is 0 Å². The highest BCUT2D eigenvalue weighted by Crippen LogP contribution is 2.20. The number of methoxy groups -OCH3 is 1. The topological polar surface area (TPSA) is 67.2 Å². The van der Waals surface area contributed by atoms with Crippen molar-refractivity contribution < 1.29 is 9.84 Å². The molecule has 88 valence electrons.